The van der Waals surface area contributed by atoms with Crippen molar-refractivity contribution in [3.8, 4) is 11.8 Å². The molecule has 1 aromatic carbocycles. The third-order valence-corrected chi connectivity index (χ3v) is 3.18. The topological polar surface area (TPSA) is 85.0 Å². The highest BCUT2D eigenvalue weighted by Crippen LogP contribution is 2.30. The van der Waals surface area contributed by atoms with E-state index < -0.39 is 34.9 Å². The van der Waals surface area contributed by atoms with E-state index in [0.717, 1.165) is 22.9 Å². The Morgan fingerprint density at radius 2 is 2.04 bits per heavy atom. The molecule has 25 heavy (non-hydrogen) atoms. The summed E-state index contributed by atoms with van der Waals surface area (Å²) in [5.74, 6) is -1.13. The first-order valence-electron chi connectivity index (χ1n) is 7.02. The Morgan fingerprint density at radius 3 is 2.64 bits per heavy atom. The normalized spacial score (nSPS) is 12.3. The Morgan fingerprint density at radius 1 is 1.36 bits per heavy atom. The van der Waals surface area contributed by atoms with Crippen molar-refractivity contribution >= 4 is 5.97 Å². The maximum Gasteiger partial charge on any atom is 0.416 e. The van der Waals surface area contributed by atoms with Crippen LogP contribution in [0, 0.1) is 18.3 Å². The summed E-state index contributed by atoms with van der Waals surface area (Å²) < 4.78 is 44.3. The lowest BCUT2D eigenvalue weighted by molar-refractivity contribution is -0.137. The van der Waals surface area contributed by atoms with Crippen LogP contribution in [0.1, 0.15) is 28.7 Å². The smallest absolute Gasteiger partial charge is 0.416 e. The number of alkyl halides is 3. The summed E-state index contributed by atoms with van der Waals surface area (Å²) in [6, 6.07) is 7.00. The van der Waals surface area contributed by atoms with E-state index >= 15 is 0 Å². The summed E-state index contributed by atoms with van der Waals surface area (Å²) in [6.45, 7) is 2.76. The maximum absolute atomic E-state index is 12.9. The molecule has 0 N–H and O–H groups in total. The van der Waals surface area contributed by atoms with Crippen molar-refractivity contribution in [2.45, 2.75) is 26.1 Å². The highest BCUT2D eigenvalue weighted by molar-refractivity contribution is 5.87. The van der Waals surface area contributed by atoms with Gasteiger partial charge in [-0.3, -0.25) is 4.79 Å². The van der Waals surface area contributed by atoms with Crippen LogP contribution in [0.4, 0.5) is 13.2 Å². The number of aromatic nitrogens is 2. The number of ether oxygens (including phenoxy) is 1. The molecule has 1 unspecified atom stereocenters. The lowest BCUT2D eigenvalue weighted by atomic mass is 10.2. The van der Waals surface area contributed by atoms with Gasteiger partial charge in [-0.2, -0.15) is 23.5 Å². The highest BCUT2D eigenvalue weighted by Gasteiger charge is 2.30. The number of esters is 1. The molecule has 1 heterocycles. The number of hydrogen-bond acceptors (Lipinski definition) is 5. The van der Waals surface area contributed by atoms with Crippen molar-refractivity contribution < 1.29 is 22.7 Å². The molecule has 9 heteroatoms. The number of carbonyl (C=O) groups excluding carboxylic acids is 1. The molecule has 0 spiro atoms. The molecule has 0 aliphatic heterocycles. The number of halogens is 3. The van der Waals surface area contributed by atoms with E-state index in [1.54, 1.807) is 6.07 Å². The number of nitriles is 1. The zero-order chi connectivity index (χ0) is 18.8. The summed E-state index contributed by atoms with van der Waals surface area (Å²) in [7, 11) is 0. The molecule has 0 amide bonds. The van der Waals surface area contributed by atoms with E-state index in [9.17, 15) is 22.8 Å². The minimum absolute atomic E-state index is 0.0229. The van der Waals surface area contributed by atoms with E-state index in [1.165, 1.54) is 26.0 Å². The second-order valence-electron chi connectivity index (χ2n) is 5.14. The van der Waals surface area contributed by atoms with E-state index in [0.29, 0.717) is 0 Å². The molecule has 0 aliphatic carbocycles. The van der Waals surface area contributed by atoms with Crippen LogP contribution in [0.5, 0.6) is 0 Å². The van der Waals surface area contributed by atoms with Gasteiger partial charge in [-0.1, -0.05) is 6.07 Å². The number of hydrogen-bond donors (Lipinski definition) is 0. The molecule has 1 aromatic heterocycles. The molecule has 0 bridgehead atoms. The fourth-order valence-corrected chi connectivity index (χ4v) is 2.01. The SMILES string of the molecule is Cc1cc(=O)c(C(=O)OC(C)C#N)nn1-c1cccc(C(F)(F)F)c1. The first-order valence-corrected chi connectivity index (χ1v) is 7.02. The Kier molecular flexibility index (Phi) is 4.92. The van der Waals surface area contributed by atoms with E-state index in [2.05, 4.69) is 5.10 Å². The molecule has 130 valence electrons. The molecule has 0 saturated heterocycles. The number of carbonyl (C=O) groups is 1. The minimum Gasteiger partial charge on any atom is -0.442 e. The van der Waals surface area contributed by atoms with Crippen LogP contribution in [0.2, 0.25) is 0 Å². The molecule has 2 aromatic rings. The first-order chi connectivity index (χ1) is 11.6. The Bertz CT molecular complexity index is 913. The van der Waals surface area contributed by atoms with Gasteiger partial charge in [-0.05, 0) is 32.0 Å². The van der Waals surface area contributed by atoms with Crippen LogP contribution in [-0.2, 0) is 10.9 Å². The van der Waals surface area contributed by atoms with Gasteiger partial charge >= 0.3 is 12.1 Å². The van der Waals surface area contributed by atoms with Crippen molar-refractivity contribution in [1.29, 1.82) is 5.26 Å². The minimum atomic E-state index is -4.55. The van der Waals surface area contributed by atoms with Gasteiger partial charge in [0, 0.05) is 11.8 Å². The molecule has 0 saturated carbocycles. The van der Waals surface area contributed by atoms with Gasteiger partial charge in [0.15, 0.2) is 6.10 Å². The zero-order valence-corrected chi connectivity index (χ0v) is 13.2. The predicted octanol–water partition coefficient (Wildman–Crippen LogP) is 2.63. The summed E-state index contributed by atoms with van der Waals surface area (Å²) in [5, 5.41) is 12.5. The lowest BCUT2D eigenvalue weighted by Crippen LogP contribution is -2.26. The predicted molar refractivity (Wildman–Crippen MR) is 80.1 cm³/mol. The molecule has 2 rings (SSSR count). The van der Waals surface area contributed by atoms with Crippen LogP contribution < -0.4 is 5.43 Å². The average molecular weight is 351 g/mol. The molecular weight excluding hydrogens is 339 g/mol. The van der Waals surface area contributed by atoms with E-state index in [1.807, 2.05) is 0 Å². The van der Waals surface area contributed by atoms with Gasteiger partial charge in [0.25, 0.3) is 0 Å². The van der Waals surface area contributed by atoms with Crippen LogP contribution in [0.3, 0.4) is 0 Å². The average Bonchev–Trinajstić information content (AvgIpc) is 2.54. The third-order valence-electron chi connectivity index (χ3n) is 3.18. The molecule has 0 fully saturated rings. The standard InChI is InChI=1S/C16H12F3N3O3/c1-9-6-13(23)14(15(24)25-10(2)8-20)21-22(9)12-5-3-4-11(7-12)16(17,18)19/h3-7,10H,1-2H3. The van der Waals surface area contributed by atoms with Crippen molar-refractivity contribution in [1.82, 2.24) is 9.78 Å². The van der Waals surface area contributed by atoms with Crippen LogP contribution in [0.15, 0.2) is 35.1 Å². The largest absolute Gasteiger partial charge is 0.442 e. The van der Waals surface area contributed by atoms with Crippen LogP contribution >= 0.6 is 0 Å². The van der Waals surface area contributed by atoms with Gasteiger partial charge in [-0.15, -0.1) is 0 Å². The van der Waals surface area contributed by atoms with Gasteiger partial charge in [0.05, 0.1) is 11.3 Å². The quantitative estimate of drug-likeness (QED) is 0.794. The van der Waals surface area contributed by atoms with Crippen molar-refractivity contribution in [2.24, 2.45) is 0 Å². The van der Waals surface area contributed by atoms with Gasteiger partial charge in [0.1, 0.15) is 6.07 Å². The summed E-state index contributed by atoms with van der Waals surface area (Å²) >= 11 is 0. The summed E-state index contributed by atoms with van der Waals surface area (Å²) in [4.78, 5) is 23.8. The molecule has 6 nitrogen and oxygen atoms in total. The Balaban J connectivity index is 2.53. The third kappa shape index (κ3) is 4.03. The van der Waals surface area contributed by atoms with E-state index in [-0.39, 0.29) is 11.4 Å². The molecular formula is C16H12F3N3O3. The second kappa shape index (κ2) is 6.76. The fourth-order valence-electron chi connectivity index (χ4n) is 2.01. The van der Waals surface area contributed by atoms with Gasteiger partial charge < -0.3 is 4.74 Å². The van der Waals surface area contributed by atoms with Gasteiger partial charge in [-0.25, -0.2) is 9.48 Å². The van der Waals surface area contributed by atoms with Crippen molar-refractivity contribution in [2.75, 3.05) is 0 Å². The zero-order valence-electron chi connectivity index (χ0n) is 13.2. The van der Waals surface area contributed by atoms with Crippen LogP contribution in [-0.4, -0.2) is 21.9 Å². The maximum atomic E-state index is 12.9. The fraction of sp³-hybridized carbons (Fsp3) is 0.250. The highest BCUT2D eigenvalue weighted by atomic mass is 19.4. The molecule has 1 atom stereocenters. The Labute approximate surface area is 140 Å². The second-order valence-corrected chi connectivity index (χ2v) is 5.14. The summed E-state index contributed by atoms with van der Waals surface area (Å²) in [5.41, 5.74) is -2.02. The lowest BCUT2D eigenvalue weighted by Gasteiger charge is -2.13. The monoisotopic (exact) mass is 351 g/mol. The van der Waals surface area contributed by atoms with E-state index in [4.69, 9.17) is 10.00 Å². The van der Waals surface area contributed by atoms with Crippen LogP contribution in [0.25, 0.3) is 5.69 Å². The van der Waals surface area contributed by atoms with Crippen molar-refractivity contribution in [3.05, 3.63) is 57.5 Å². The van der Waals surface area contributed by atoms with Crippen molar-refractivity contribution in [3.63, 3.8) is 0 Å². The van der Waals surface area contributed by atoms with Gasteiger partial charge in [0.2, 0.25) is 11.1 Å². The molecule has 0 radical (unpaired) electrons. The number of benzene rings is 1. The summed E-state index contributed by atoms with van der Waals surface area (Å²) in [6.07, 6.45) is -5.65. The number of rotatable bonds is 3. The molecule has 0 aliphatic rings. The number of nitrogens with zero attached hydrogens (tertiary/aromatic N) is 3. The first kappa shape index (κ1) is 18.2. The Hall–Kier alpha value is -3.15. The number of aryl methyl sites for hydroxylation is 1.